The number of carbonyl (C=O) groups excluding carboxylic acids is 1. The van der Waals surface area contributed by atoms with Gasteiger partial charge in [0.2, 0.25) is 5.91 Å². The summed E-state index contributed by atoms with van der Waals surface area (Å²) in [6, 6.07) is 19.3. The summed E-state index contributed by atoms with van der Waals surface area (Å²) in [5.74, 6) is 0.196. The Morgan fingerprint density at radius 2 is 1.77 bits per heavy atom. The molecule has 31 heavy (non-hydrogen) atoms. The third-order valence-electron chi connectivity index (χ3n) is 7.18. The van der Waals surface area contributed by atoms with Crippen molar-refractivity contribution in [2.75, 3.05) is 37.7 Å². The van der Waals surface area contributed by atoms with Crippen molar-refractivity contribution in [3.05, 3.63) is 59.6 Å². The number of aromatic nitrogens is 1. The van der Waals surface area contributed by atoms with Crippen LogP contribution in [0.2, 0.25) is 0 Å². The molecule has 0 radical (unpaired) electrons. The van der Waals surface area contributed by atoms with Crippen molar-refractivity contribution in [1.29, 1.82) is 0 Å². The average Bonchev–Trinajstić information content (AvgIpc) is 3.33. The number of amides is 1. The second kappa shape index (κ2) is 7.58. The van der Waals surface area contributed by atoms with Crippen molar-refractivity contribution in [2.45, 2.75) is 31.0 Å². The average molecular weight is 434 g/mol. The summed E-state index contributed by atoms with van der Waals surface area (Å²) in [6.07, 6.45) is 1.78. The number of nitrogens with zero attached hydrogens (tertiary/aromatic N) is 4. The van der Waals surface area contributed by atoms with E-state index in [2.05, 4.69) is 68.5 Å². The standard InChI is InChI=1S/C24H27N5OS/c30-23-24(29(17-25-23)18-6-2-1-3-7-18)10-12-28(13-11-24)19-14-27(15-19)16-22-26-20-8-4-5-9-21(20)31-22/h1-9,19H,10-17H2,(H,25,30). The van der Waals surface area contributed by atoms with Crippen molar-refractivity contribution in [2.24, 2.45) is 0 Å². The fourth-order valence-corrected chi connectivity index (χ4v) is 6.38. The summed E-state index contributed by atoms with van der Waals surface area (Å²) < 4.78 is 1.27. The van der Waals surface area contributed by atoms with Gasteiger partial charge >= 0.3 is 0 Å². The number of hydrogen-bond donors (Lipinski definition) is 1. The second-order valence-corrected chi connectivity index (χ2v) is 10.0. The first-order valence-electron chi connectivity index (χ1n) is 11.1. The minimum atomic E-state index is -0.387. The first kappa shape index (κ1) is 19.2. The van der Waals surface area contributed by atoms with Crippen LogP contribution >= 0.6 is 11.3 Å². The molecule has 0 atom stereocenters. The summed E-state index contributed by atoms with van der Waals surface area (Å²) in [5.41, 5.74) is 1.86. The summed E-state index contributed by atoms with van der Waals surface area (Å²) in [5, 5.41) is 4.31. The SMILES string of the molecule is O=C1NCN(c2ccccc2)C12CCN(C1CN(Cc3nc4ccccc4s3)C1)CC2. The lowest BCUT2D eigenvalue weighted by atomic mass is 9.84. The van der Waals surface area contributed by atoms with Gasteiger partial charge in [0.1, 0.15) is 10.5 Å². The maximum absolute atomic E-state index is 12.8. The number of carbonyl (C=O) groups is 1. The van der Waals surface area contributed by atoms with Gasteiger partial charge in [-0.15, -0.1) is 11.3 Å². The van der Waals surface area contributed by atoms with Crippen LogP contribution in [0.5, 0.6) is 0 Å². The quantitative estimate of drug-likeness (QED) is 0.686. The Balaban J connectivity index is 1.06. The largest absolute Gasteiger partial charge is 0.339 e. The van der Waals surface area contributed by atoms with E-state index in [1.54, 1.807) is 11.3 Å². The van der Waals surface area contributed by atoms with E-state index in [0.717, 1.165) is 56.8 Å². The first-order chi connectivity index (χ1) is 15.2. The molecule has 0 aliphatic carbocycles. The molecule has 6 rings (SSSR count). The fraction of sp³-hybridized carbons (Fsp3) is 0.417. The predicted molar refractivity (Wildman–Crippen MR) is 124 cm³/mol. The highest BCUT2D eigenvalue weighted by Crippen LogP contribution is 2.37. The van der Waals surface area contributed by atoms with Gasteiger partial charge in [-0.3, -0.25) is 14.6 Å². The third kappa shape index (κ3) is 3.32. The number of anilines is 1. The van der Waals surface area contributed by atoms with Gasteiger partial charge < -0.3 is 10.2 Å². The summed E-state index contributed by atoms with van der Waals surface area (Å²) in [4.78, 5) is 25.0. The summed E-state index contributed by atoms with van der Waals surface area (Å²) >= 11 is 1.81. The number of benzene rings is 2. The van der Waals surface area contributed by atoms with Crippen molar-refractivity contribution < 1.29 is 4.79 Å². The predicted octanol–water partition coefficient (Wildman–Crippen LogP) is 2.91. The number of nitrogens with one attached hydrogen (secondary N) is 1. The van der Waals surface area contributed by atoms with Crippen LogP contribution < -0.4 is 10.2 Å². The van der Waals surface area contributed by atoms with Crippen LogP contribution in [0.25, 0.3) is 10.2 Å². The zero-order chi connectivity index (χ0) is 20.8. The van der Waals surface area contributed by atoms with E-state index in [-0.39, 0.29) is 11.4 Å². The van der Waals surface area contributed by atoms with Gasteiger partial charge in [-0.05, 0) is 37.1 Å². The van der Waals surface area contributed by atoms with Gasteiger partial charge in [-0.25, -0.2) is 4.98 Å². The molecule has 3 aromatic rings. The monoisotopic (exact) mass is 433 g/mol. The molecule has 160 valence electrons. The van der Waals surface area contributed by atoms with Crippen LogP contribution in [0.3, 0.4) is 0 Å². The zero-order valence-corrected chi connectivity index (χ0v) is 18.4. The lowest BCUT2D eigenvalue weighted by Gasteiger charge is -2.50. The van der Waals surface area contributed by atoms with Gasteiger partial charge in [0.25, 0.3) is 0 Å². The summed E-state index contributed by atoms with van der Waals surface area (Å²) in [7, 11) is 0. The maximum atomic E-state index is 12.8. The summed E-state index contributed by atoms with van der Waals surface area (Å²) in [6.45, 7) is 5.71. The molecule has 1 amide bonds. The van der Waals surface area contributed by atoms with E-state index < -0.39 is 0 Å². The minimum Gasteiger partial charge on any atom is -0.339 e. The highest BCUT2D eigenvalue weighted by Gasteiger charge is 2.51. The molecule has 0 bridgehead atoms. The molecule has 2 aromatic carbocycles. The van der Waals surface area contributed by atoms with E-state index in [9.17, 15) is 4.79 Å². The van der Waals surface area contributed by atoms with Gasteiger partial charge in [-0.2, -0.15) is 0 Å². The lowest BCUT2D eigenvalue weighted by Crippen LogP contribution is -2.64. The van der Waals surface area contributed by atoms with Crippen LogP contribution in [0, 0.1) is 0 Å². The maximum Gasteiger partial charge on any atom is 0.247 e. The molecule has 1 spiro atoms. The van der Waals surface area contributed by atoms with Crippen LogP contribution in [0.15, 0.2) is 54.6 Å². The van der Waals surface area contributed by atoms with Crippen molar-refractivity contribution in [1.82, 2.24) is 20.1 Å². The zero-order valence-electron chi connectivity index (χ0n) is 17.5. The lowest BCUT2D eigenvalue weighted by molar-refractivity contribution is -0.125. The Hall–Kier alpha value is -2.48. The molecule has 7 heteroatoms. The van der Waals surface area contributed by atoms with Crippen molar-refractivity contribution in [3.63, 3.8) is 0 Å². The molecule has 0 unspecified atom stereocenters. The number of rotatable bonds is 4. The molecule has 1 N–H and O–H groups in total. The minimum absolute atomic E-state index is 0.196. The number of para-hydroxylation sites is 2. The Morgan fingerprint density at radius 1 is 1.03 bits per heavy atom. The smallest absolute Gasteiger partial charge is 0.247 e. The Kier molecular flexibility index (Phi) is 4.70. The van der Waals surface area contributed by atoms with Crippen LogP contribution in [-0.2, 0) is 11.3 Å². The topological polar surface area (TPSA) is 51.7 Å². The molecule has 6 nitrogen and oxygen atoms in total. The van der Waals surface area contributed by atoms with E-state index in [0.29, 0.717) is 12.7 Å². The van der Waals surface area contributed by atoms with Gasteiger partial charge in [-0.1, -0.05) is 30.3 Å². The van der Waals surface area contributed by atoms with Gasteiger partial charge in [0.05, 0.1) is 23.4 Å². The van der Waals surface area contributed by atoms with Crippen molar-refractivity contribution in [3.8, 4) is 0 Å². The van der Waals surface area contributed by atoms with E-state index in [1.165, 1.54) is 9.71 Å². The van der Waals surface area contributed by atoms with E-state index in [1.807, 2.05) is 6.07 Å². The molecule has 0 saturated carbocycles. The molecular weight excluding hydrogens is 406 g/mol. The fourth-order valence-electron chi connectivity index (χ4n) is 5.37. The number of fused-ring (bicyclic) bond motifs is 1. The van der Waals surface area contributed by atoms with Crippen molar-refractivity contribution >= 4 is 33.1 Å². The second-order valence-electron chi connectivity index (χ2n) is 8.92. The third-order valence-corrected chi connectivity index (χ3v) is 8.20. The van der Waals surface area contributed by atoms with Crippen LogP contribution in [0.4, 0.5) is 5.69 Å². The first-order valence-corrected chi connectivity index (χ1v) is 11.9. The van der Waals surface area contributed by atoms with E-state index >= 15 is 0 Å². The van der Waals surface area contributed by atoms with Gasteiger partial charge in [0.15, 0.2) is 0 Å². The number of hydrogen-bond acceptors (Lipinski definition) is 6. The Labute approximate surface area is 186 Å². The highest BCUT2D eigenvalue weighted by atomic mass is 32.1. The van der Waals surface area contributed by atoms with E-state index in [4.69, 9.17) is 4.98 Å². The highest BCUT2D eigenvalue weighted by molar-refractivity contribution is 7.18. The number of piperidine rings is 1. The molecule has 1 aromatic heterocycles. The number of thiazole rings is 1. The molecular formula is C24H27N5OS. The normalized spacial score (nSPS) is 22.2. The Morgan fingerprint density at radius 3 is 2.55 bits per heavy atom. The molecule has 4 heterocycles. The Bertz CT molecular complexity index is 1050. The number of likely N-dealkylation sites (tertiary alicyclic amines) is 2. The molecule has 3 fully saturated rings. The molecule has 3 aliphatic heterocycles. The van der Waals surface area contributed by atoms with Gasteiger partial charge in [0, 0.05) is 37.9 Å². The molecule has 3 saturated heterocycles. The van der Waals surface area contributed by atoms with Crippen LogP contribution in [-0.4, -0.2) is 65.1 Å². The molecule has 3 aliphatic rings. The van der Waals surface area contributed by atoms with Crippen LogP contribution in [0.1, 0.15) is 17.8 Å².